The van der Waals surface area contributed by atoms with Gasteiger partial charge in [-0.25, -0.2) is 0 Å². The van der Waals surface area contributed by atoms with Gasteiger partial charge in [0.05, 0.1) is 12.7 Å². The highest BCUT2D eigenvalue weighted by Crippen LogP contribution is 2.49. The molecule has 0 spiro atoms. The number of hydrogen-bond donors (Lipinski definition) is 1. The van der Waals surface area contributed by atoms with E-state index in [1.165, 1.54) is 17.5 Å². The van der Waals surface area contributed by atoms with Gasteiger partial charge in [-0.05, 0) is 36.0 Å². The largest absolute Gasteiger partial charge is 0.496 e. The van der Waals surface area contributed by atoms with Crippen LogP contribution in [0.2, 0.25) is 0 Å². The van der Waals surface area contributed by atoms with E-state index in [1.807, 2.05) is 18.3 Å². The normalized spacial score (nSPS) is 27.6. The van der Waals surface area contributed by atoms with E-state index in [0.717, 1.165) is 43.8 Å². The molecule has 2 bridgehead atoms. The van der Waals surface area contributed by atoms with E-state index in [9.17, 15) is 5.11 Å². The smallest absolute Gasteiger partial charge is 0.123 e. The van der Waals surface area contributed by atoms with Crippen LogP contribution in [0.15, 0.2) is 42.7 Å². The van der Waals surface area contributed by atoms with Crippen molar-refractivity contribution in [2.75, 3.05) is 20.2 Å². The zero-order valence-corrected chi connectivity index (χ0v) is 18.2. The summed E-state index contributed by atoms with van der Waals surface area (Å²) in [6.07, 6.45) is 6.98. The minimum absolute atomic E-state index is 0.111. The van der Waals surface area contributed by atoms with E-state index in [4.69, 9.17) is 4.74 Å². The summed E-state index contributed by atoms with van der Waals surface area (Å²) in [5, 5.41) is 11.8. The summed E-state index contributed by atoms with van der Waals surface area (Å²) in [5.74, 6) is 1.45. The number of piperidine rings is 1. The van der Waals surface area contributed by atoms with Crippen LogP contribution in [0.25, 0.3) is 0 Å². The van der Waals surface area contributed by atoms with Crippen LogP contribution in [0.4, 0.5) is 0 Å². The molecule has 2 atom stereocenters. The maximum Gasteiger partial charge on any atom is 0.123 e. The Hall–Kier alpha value is -1.91. The quantitative estimate of drug-likeness (QED) is 0.829. The molecule has 4 nitrogen and oxygen atoms in total. The van der Waals surface area contributed by atoms with Gasteiger partial charge in [0.1, 0.15) is 5.75 Å². The molecular formula is C25H34N2O2. The number of benzene rings is 1. The van der Waals surface area contributed by atoms with Gasteiger partial charge in [-0.1, -0.05) is 45.4 Å². The molecule has 156 valence electrons. The highest BCUT2D eigenvalue weighted by molar-refractivity contribution is 5.40. The molecule has 1 aromatic carbocycles. The molecular weight excluding hydrogens is 360 g/mol. The zero-order chi connectivity index (χ0) is 20.6. The first kappa shape index (κ1) is 20.4. The maximum atomic E-state index is 11.8. The highest BCUT2D eigenvalue weighted by atomic mass is 16.5. The van der Waals surface area contributed by atoms with Crippen molar-refractivity contribution in [3.05, 3.63) is 59.4 Å². The molecule has 2 fully saturated rings. The number of aromatic nitrogens is 1. The number of rotatable bonds is 4. The van der Waals surface area contributed by atoms with Crippen molar-refractivity contribution in [1.29, 1.82) is 0 Å². The van der Waals surface area contributed by atoms with E-state index in [-0.39, 0.29) is 17.3 Å². The van der Waals surface area contributed by atoms with E-state index >= 15 is 0 Å². The molecule has 2 aliphatic rings. The van der Waals surface area contributed by atoms with Gasteiger partial charge < -0.3 is 9.84 Å². The average molecular weight is 395 g/mol. The molecule has 1 aliphatic heterocycles. The summed E-state index contributed by atoms with van der Waals surface area (Å²) >= 11 is 0. The van der Waals surface area contributed by atoms with E-state index in [1.54, 1.807) is 13.3 Å². The Kier molecular flexibility index (Phi) is 5.43. The molecule has 1 saturated carbocycles. The molecule has 1 saturated heterocycles. The first-order chi connectivity index (χ1) is 13.8. The Morgan fingerprint density at radius 3 is 2.48 bits per heavy atom. The Bertz CT molecular complexity index is 830. The van der Waals surface area contributed by atoms with Crippen molar-refractivity contribution in [3.8, 4) is 5.75 Å². The van der Waals surface area contributed by atoms with Crippen LogP contribution in [-0.4, -0.2) is 35.2 Å². The third kappa shape index (κ3) is 3.80. The summed E-state index contributed by atoms with van der Waals surface area (Å²) in [6, 6.07) is 10.6. The summed E-state index contributed by atoms with van der Waals surface area (Å²) in [5.41, 5.74) is 2.92. The van der Waals surface area contributed by atoms with Crippen LogP contribution in [0.5, 0.6) is 5.75 Å². The zero-order valence-electron chi connectivity index (χ0n) is 18.2. The standard InChI is InChI=1S/C25H34N2O2/c1-24(2,3)19-10-11-23(29-4)18(13-19)15-27-16-21-7-5-8-22(17-27)25(21,28)20-9-6-12-26-14-20/h6,9-14,21-22,28H,5,7-8,15-17H2,1-4H3/t21-,22-/m1/s1. The van der Waals surface area contributed by atoms with Crippen LogP contribution in [0.3, 0.4) is 0 Å². The van der Waals surface area contributed by atoms with Crippen molar-refractivity contribution in [2.24, 2.45) is 11.8 Å². The van der Waals surface area contributed by atoms with Gasteiger partial charge in [0, 0.05) is 55.0 Å². The molecule has 2 aromatic rings. The number of fused-ring (bicyclic) bond motifs is 2. The monoisotopic (exact) mass is 394 g/mol. The number of ether oxygens (including phenoxy) is 1. The lowest BCUT2D eigenvalue weighted by Crippen LogP contribution is -2.57. The van der Waals surface area contributed by atoms with Crippen molar-refractivity contribution < 1.29 is 9.84 Å². The minimum atomic E-state index is -0.750. The lowest BCUT2D eigenvalue weighted by Gasteiger charge is -2.53. The number of aliphatic hydroxyl groups is 1. The number of nitrogens with zero attached hydrogens (tertiary/aromatic N) is 2. The lowest BCUT2D eigenvalue weighted by molar-refractivity contribution is -0.148. The average Bonchev–Trinajstić information content (AvgIpc) is 2.69. The predicted molar refractivity (Wildman–Crippen MR) is 116 cm³/mol. The first-order valence-electron chi connectivity index (χ1n) is 10.8. The van der Waals surface area contributed by atoms with Gasteiger partial charge in [-0.2, -0.15) is 0 Å². The first-order valence-corrected chi connectivity index (χ1v) is 10.8. The van der Waals surface area contributed by atoms with Crippen molar-refractivity contribution in [2.45, 2.75) is 57.6 Å². The minimum Gasteiger partial charge on any atom is -0.496 e. The van der Waals surface area contributed by atoms with Crippen molar-refractivity contribution in [3.63, 3.8) is 0 Å². The van der Waals surface area contributed by atoms with Gasteiger partial charge in [-0.15, -0.1) is 0 Å². The molecule has 4 rings (SSSR count). The second-order valence-electron chi connectivity index (χ2n) is 9.86. The van der Waals surface area contributed by atoms with Gasteiger partial charge in [0.2, 0.25) is 0 Å². The Balaban J connectivity index is 1.59. The SMILES string of the molecule is COc1ccc(C(C)(C)C)cc1CN1C[C@H]2CCC[C@H](C1)C2(O)c1cccnc1. The topological polar surface area (TPSA) is 45.6 Å². The fourth-order valence-corrected chi connectivity index (χ4v) is 5.35. The molecule has 1 N–H and O–H groups in total. The van der Waals surface area contributed by atoms with Crippen LogP contribution >= 0.6 is 0 Å². The van der Waals surface area contributed by atoms with E-state index in [0.29, 0.717) is 0 Å². The molecule has 1 aliphatic carbocycles. The third-order valence-corrected chi connectivity index (χ3v) is 6.97. The van der Waals surface area contributed by atoms with Gasteiger partial charge in [0.15, 0.2) is 0 Å². The molecule has 0 amide bonds. The number of hydrogen-bond acceptors (Lipinski definition) is 4. The Labute approximate surface area is 174 Å². The molecule has 29 heavy (non-hydrogen) atoms. The summed E-state index contributed by atoms with van der Waals surface area (Å²) < 4.78 is 5.67. The fourth-order valence-electron chi connectivity index (χ4n) is 5.35. The molecule has 0 unspecified atom stereocenters. The van der Waals surface area contributed by atoms with Gasteiger partial charge in [0.25, 0.3) is 0 Å². The van der Waals surface area contributed by atoms with Gasteiger partial charge >= 0.3 is 0 Å². The second kappa shape index (κ2) is 7.73. The molecule has 2 heterocycles. The lowest BCUT2D eigenvalue weighted by atomic mass is 9.63. The second-order valence-corrected chi connectivity index (χ2v) is 9.86. The third-order valence-electron chi connectivity index (χ3n) is 6.97. The Morgan fingerprint density at radius 1 is 1.17 bits per heavy atom. The number of pyridine rings is 1. The highest BCUT2D eigenvalue weighted by Gasteiger charge is 2.51. The van der Waals surface area contributed by atoms with Crippen molar-refractivity contribution in [1.82, 2.24) is 9.88 Å². The van der Waals surface area contributed by atoms with E-state index in [2.05, 4.69) is 48.9 Å². The van der Waals surface area contributed by atoms with Crippen molar-refractivity contribution >= 4 is 0 Å². The molecule has 1 aromatic heterocycles. The van der Waals surface area contributed by atoms with E-state index < -0.39 is 5.60 Å². The predicted octanol–water partition coefficient (Wildman–Crippen LogP) is 4.51. The van der Waals surface area contributed by atoms with Crippen LogP contribution in [-0.2, 0) is 17.6 Å². The van der Waals surface area contributed by atoms with Gasteiger partial charge in [-0.3, -0.25) is 9.88 Å². The fraction of sp³-hybridized carbons (Fsp3) is 0.560. The summed E-state index contributed by atoms with van der Waals surface area (Å²) in [4.78, 5) is 6.80. The Morgan fingerprint density at radius 2 is 1.90 bits per heavy atom. The van der Waals surface area contributed by atoms with Crippen LogP contribution in [0, 0.1) is 11.8 Å². The summed E-state index contributed by atoms with van der Waals surface area (Å²) in [6.45, 7) is 9.42. The molecule has 0 radical (unpaired) electrons. The number of likely N-dealkylation sites (tertiary alicyclic amines) is 1. The van der Waals surface area contributed by atoms with Crippen LogP contribution < -0.4 is 4.74 Å². The summed E-state index contributed by atoms with van der Waals surface area (Å²) in [7, 11) is 1.75. The maximum absolute atomic E-state index is 11.8. The van der Waals surface area contributed by atoms with Crippen LogP contribution in [0.1, 0.15) is 56.7 Å². The molecule has 4 heteroatoms. The number of methoxy groups -OCH3 is 1.